The van der Waals surface area contributed by atoms with Crippen molar-refractivity contribution in [2.45, 2.75) is 0 Å². The molecule has 148 valence electrons. The lowest BCUT2D eigenvalue weighted by molar-refractivity contribution is -0.137. The van der Waals surface area contributed by atoms with E-state index < -0.39 is 35.5 Å². The fourth-order valence-corrected chi connectivity index (χ4v) is 5.71. The van der Waals surface area contributed by atoms with Crippen LogP contribution in [0.15, 0.2) is 61.2 Å². The molecule has 4 heterocycles. The summed E-state index contributed by atoms with van der Waals surface area (Å²) in [4.78, 5) is 63.5. The van der Waals surface area contributed by atoms with Gasteiger partial charge < -0.3 is 0 Å². The second-order valence-corrected chi connectivity index (χ2v) is 8.09. The summed E-state index contributed by atoms with van der Waals surface area (Å²) in [5, 5.41) is 0. The maximum atomic E-state index is 13.3. The number of carbonyl (C=O) groups excluding carboxylic acids is 4. The van der Waals surface area contributed by atoms with Crippen LogP contribution in [0.1, 0.15) is 0 Å². The smallest absolute Gasteiger partial charge is 0.238 e. The van der Waals surface area contributed by atoms with Crippen LogP contribution in [0, 0.1) is 35.5 Å². The number of hydrogen-bond donors (Lipinski definition) is 0. The van der Waals surface area contributed by atoms with E-state index in [1.54, 1.807) is 36.7 Å². The number of pyridine rings is 2. The first kappa shape index (κ1) is 17.2. The number of rotatable bonds is 2. The lowest BCUT2D eigenvalue weighted by Gasteiger charge is -2.44. The molecule has 3 fully saturated rings. The molecule has 5 aliphatic rings. The first-order valence-corrected chi connectivity index (χ1v) is 9.83. The van der Waals surface area contributed by atoms with Gasteiger partial charge in [-0.2, -0.15) is 0 Å². The van der Waals surface area contributed by atoms with Crippen molar-refractivity contribution in [3.05, 3.63) is 61.2 Å². The second kappa shape index (κ2) is 5.91. The summed E-state index contributed by atoms with van der Waals surface area (Å²) in [7, 11) is 0. The van der Waals surface area contributed by atoms with Gasteiger partial charge in [0.2, 0.25) is 23.6 Å². The molecule has 2 bridgehead atoms. The van der Waals surface area contributed by atoms with Crippen molar-refractivity contribution in [2.75, 3.05) is 9.80 Å². The molecule has 0 spiro atoms. The summed E-state index contributed by atoms with van der Waals surface area (Å²) >= 11 is 0. The van der Waals surface area contributed by atoms with E-state index in [9.17, 15) is 19.2 Å². The third kappa shape index (κ3) is 2.00. The van der Waals surface area contributed by atoms with Gasteiger partial charge in [-0.05, 0) is 24.3 Å². The van der Waals surface area contributed by atoms with Gasteiger partial charge >= 0.3 is 0 Å². The van der Waals surface area contributed by atoms with E-state index >= 15 is 0 Å². The molecule has 2 aliphatic heterocycles. The van der Waals surface area contributed by atoms with E-state index in [4.69, 9.17) is 0 Å². The number of aromatic nitrogens is 2. The number of amides is 4. The molecular weight excluding hydrogens is 384 g/mol. The molecular formula is C22H16N4O4. The standard InChI is InChI=1S/C22H16N4O4/c27-19-15-13-5-6-14(16(15)20(28)25(19)11-3-1-7-23-9-11)18-17(13)21(29)26(22(18)30)12-4-2-8-24-10-12/h1-10,13-18H/t13?,14?,15-,16+,17-,18+. The lowest BCUT2D eigenvalue weighted by atomic mass is 9.54. The molecule has 8 heteroatoms. The van der Waals surface area contributed by atoms with Gasteiger partial charge in [-0.15, -0.1) is 0 Å². The SMILES string of the molecule is O=C1[C@@H]2C3C=CC([C@@H]2C(=O)N1c1cccnc1)[C@@H]1C(=O)N(c2cccnc2)C(=O)[C@H]31. The molecule has 1 saturated carbocycles. The van der Waals surface area contributed by atoms with Crippen LogP contribution in [-0.2, 0) is 19.2 Å². The van der Waals surface area contributed by atoms with Crippen molar-refractivity contribution in [2.24, 2.45) is 35.5 Å². The molecule has 2 saturated heterocycles. The third-order valence-corrected chi connectivity index (χ3v) is 6.82. The second-order valence-electron chi connectivity index (χ2n) is 8.09. The summed E-state index contributed by atoms with van der Waals surface area (Å²) in [6.07, 6.45) is 9.79. The van der Waals surface area contributed by atoms with Gasteiger partial charge in [0, 0.05) is 24.2 Å². The zero-order chi connectivity index (χ0) is 20.6. The Bertz CT molecular complexity index is 999. The minimum Gasteiger partial charge on any atom is -0.274 e. The highest BCUT2D eigenvalue weighted by atomic mass is 16.2. The fourth-order valence-electron chi connectivity index (χ4n) is 5.71. The van der Waals surface area contributed by atoms with Crippen LogP contribution < -0.4 is 9.80 Å². The van der Waals surface area contributed by atoms with Crippen LogP contribution >= 0.6 is 0 Å². The number of nitrogens with zero attached hydrogens (tertiary/aromatic N) is 4. The van der Waals surface area contributed by atoms with Crippen LogP contribution in [-0.4, -0.2) is 33.6 Å². The van der Waals surface area contributed by atoms with E-state index in [0.717, 1.165) is 0 Å². The Morgan fingerprint density at radius 3 is 1.27 bits per heavy atom. The highest BCUT2D eigenvalue weighted by molar-refractivity contribution is 6.26. The Hall–Kier alpha value is -3.68. The van der Waals surface area contributed by atoms with Crippen LogP contribution in [0.4, 0.5) is 11.4 Å². The Morgan fingerprint density at radius 2 is 0.967 bits per heavy atom. The Labute approximate surface area is 171 Å². The van der Waals surface area contributed by atoms with Gasteiger partial charge in [-0.1, -0.05) is 12.2 Å². The molecule has 4 amide bonds. The van der Waals surface area contributed by atoms with Crippen molar-refractivity contribution in [3.63, 3.8) is 0 Å². The summed E-state index contributed by atoms with van der Waals surface area (Å²) in [5.41, 5.74) is 0.835. The maximum Gasteiger partial charge on any atom is 0.238 e. The van der Waals surface area contributed by atoms with Gasteiger partial charge in [0.05, 0.1) is 47.4 Å². The van der Waals surface area contributed by atoms with Gasteiger partial charge in [0.25, 0.3) is 0 Å². The molecule has 4 atom stereocenters. The third-order valence-electron chi connectivity index (χ3n) is 6.82. The average Bonchev–Trinajstić information content (AvgIpc) is 3.22. The summed E-state index contributed by atoms with van der Waals surface area (Å²) in [6.45, 7) is 0. The zero-order valence-corrected chi connectivity index (χ0v) is 15.7. The highest BCUT2D eigenvalue weighted by Crippen LogP contribution is 2.58. The quantitative estimate of drug-likeness (QED) is 0.555. The molecule has 3 aliphatic carbocycles. The Morgan fingerprint density at radius 1 is 0.600 bits per heavy atom. The molecule has 2 aromatic heterocycles. The van der Waals surface area contributed by atoms with Gasteiger partial charge in [0.15, 0.2) is 0 Å². The lowest BCUT2D eigenvalue weighted by Crippen LogP contribution is -2.50. The molecule has 30 heavy (non-hydrogen) atoms. The summed E-state index contributed by atoms with van der Waals surface area (Å²) in [5.74, 6) is -4.82. The molecule has 0 aromatic carbocycles. The number of anilines is 2. The molecule has 0 N–H and O–H groups in total. The van der Waals surface area contributed by atoms with Crippen molar-refractivity contribution in [1.29, 1.82) is 0 Å². The van der Waals surface area contributed by atoms with Crippen molar-refractivity contribution in [1.82, 2.24) is 9.97 Å². The maximum absolute atomic E-state index is 13.3. The monoisotopic (exact) mass is 400 g/mol. The summed E-state index contributed by atoms with van der Waals surface area (Å²) < 4.78 is 0. The number of imide groups is 2. The van der Waals surface area contributed by atoms with Crippen LogP contribution in [0.5, 0.6) is 0 Å². The van der Waals surface area contributed by atoms with E-state index in [1.165, 1.54) is 22.2 Å². The first-order valence-electron chi connectivity index (χ1n) is 9.83. The van der Waals surface area contributed by atoms with E-state index in [2.05, 4.69) is 9.97 Å². The van der Waals surface area contributed by atoms with Crippen molar-refractivity contribution in [3.8, 4) is 0 Å². The average molecular weight is 400 g/mol. The number of hydrogen-bond acceptors (Lipinski definition) is 6. The zero-order valence-electron chi connectivity index (χ0n) is 15.7. The minimum atomic E-state index is -0.639. The largest absolute Gasteiger partial charge is 0.274 e. The molecule has 0 radical (unpaired) electrons. The van der Waals surface area contributed by atoms with Crippen LogP contribution in [0.3, 0.4) is 0 Å². The van der Waals surface area contributed by atoms with E-state index in [-0.39, 0.29) is 23.6 Å². The minimum absolute atomic E-state index is 0.323. The van der Waals surface area contributed by atoms with E-state index in [1.807, 2.05) is 12.2 Å². The Kier molecular flexibility index (Phi) is 3.39. The van der Waals surface area contributed by atoms with Crippen LogP contribution in [0.25, 0.3) is 0 Å². The fraction of sp³-hybridized carbons (Fsp3) is 0.273. The van der Waals surface area contributed by atoms with E-state index in [0.29, 0.717) is 11.4 Å². The Balaban J connectivity index is 1.42. The molecule has 0 unspecified atom stereocenters. The van der Waals surface area contributed by atoms with Crippen molar-refractivity contribution >= 4 is 35.0 Å². The highest BCUT2D eigenvalue weighted by Gasteiger charge is 2.68. The number of carbonyl (C=O) groups is 4. The van der Waals surface area contributed by atoms with Crippen molar-refractivity contribution < 1.29 is 19.2 Å². The van der Waals surface area contributed by atoms with Gasteiger partial charge in [-0.25, -0.2) is 9.80 Å². The first-order chi connectivity index (χ1) is 14.6. The van der Waals surface area contributed by atoms with Crippen LogP contribution in [0.2, 0.25) is 0 Å². The topological polar surface area (TPSA) is 101 Å². The predicted molar refractivity (Wildman–Crippen MR) is 104 cm³/mol. The molecule has 8 nitrogen and oxygen atoms in total. The van der Waals surface area contributed by atoms with Gasteiger partial charge in [0.1, 0.15) is 0 Å². The van der Waals surface area contributed by atoms with Gasteiger partial charge in [-0.3, -0.25) is 29.1 Å². The molecule has 2 aromatic rings. The number of allylic oxidation sites excluding steroid dienone is 2. The summed E-state index contributed by atoms with van der Waals surface area (Å²) in [6, 6.07) is 6.66. The molecule has 7 rings (SSSR count). The predicted octanol–water partition coefficient (Wildman–Crippen LogP) is 1.20. The normalized spacial score (nSPS) is 34.0.